The molecule has 0 heterocycles. The molecular weight excluding hydrogens is 200 g/mol. The molecule has 0 bridgehead atoms. The van der Waals surface area contributed by atoms with Crippen LogP contribution in [0.2, 0.25) is 0 Å². The van der Waals surface area contributed by atoms with Crippen molar-refractivity contribution in [2.45, 2.75) is 46.5 Å². The van der Waals surface area contributed by atoms with E-state index < -0.39 is 0 Å². The van der Waals surface area contributed by atoms with Gasteiger partial charge in [0.1, 0.15) is 0 Å². The van der Waals surface area contributed by atoms with E-state index in [4.69, 9.17) is 0 Å². The maximum absolute atomic E-state index is 3.62. The summed E-state index contributed by atoms with van der Waals surface area (Å²) in [5, 5.41) is 1.21. The molecule has 0 aliphatic heterocycles. The molecule has 1 rings (SSSR count). The zero-order chi connectivity index (χ0) is 8.54. The van der Waals surface area contributed by atoms with Crippen molar-refractivity contribution in [3.8, 4) is 0 Å². The van der Waals surface area contributed by atoms with Crippen LogP contribution in [0.1, 0.15) is 46.5 Å². The van der Waals surface area contributed by atoms with Crippen LogP contribution in [-0.4, -0.2) is 5.33 Å². The molecule has 1 aliphatic carbocycles. The summed E-state index contributed by atoms with van der Waals surface area (Å²) in [6.45, 7) is 7.07. The first-order valence-corrected chi connectivity index (χ1v) is 5.72. The van der Waals surface area contributed by atoms with Crippen molar-refractivity contribution in [3.63, 3.8) is 0 Å². The van der Waals surface area contributed by atoms with E-state index in [9.17, 15) is 0 Å². The van der Waals surface area contributed by atoms with Crippen molar-refractivity contribution in [1.82, 2.24) is 0 Å². The molecule has 0 aromatic carbocycles. The summed E-state index contributed by atoms with van der Waals surface area (Å²) in [4.78, 5) is 0. The normalized spacial score (nSPS) is 21.8. The third-order valence-electron chi connectivity index (χ3n) is 3.05. The van der Waals surface area contributed by atoms with Crippen molar-refractivity contribution < 1.29 is 0 Å². The van der Waals surface area contributed by atoms with Crippen molar-refractivity contribution >= 4 is 15.9 Å². The maximum Gasteiger partial charge on any atom is 0.00881 e. The standard InChI is InChI=1S/C10H19Br/c1-4-9(2,3)7-10(8-11)5-6-10/h4-8H2,1-3H3. The highest BCUT2D eigenvalue weighted by molar-refractivity contribution is 9.09. The molecule has 0 unspecified atom stereocenters. The first-order valence-electron chi connectivity index (χ1n) is 4.60. The lowest BCUT2D eigenvalue weighted by Gasteiger charge is -2.27. The highest BCUT2D eigenvalue weighted by Gasteiger charge is 2.44. The lowest BCUT2D eigenvalue weighted by molar-refractivity contribution is 0.258. The summed E-state index contributed by atoms with van der Waals surface area (Å²) in [6, 6.07) is 0. The number of halogens is 1. The van der Waals surface area contributed by atoms with Crippen LogP contribution in [0.4, 0.5) is 0 Å². The van der Waals surface area contributed by atoms with Gasteiger partial charge in [-0.2, -0.15) is 0 Å². The maximum atomic E-state index is 3.62. The highest BCUT2D eigenvalue weighted by Crippen LogP contribution is 2.54. The summed E-state index contributed by atoms with van der Waals surface area (Å²) in [6.07, 6.45) is 5.60. The molecule has 0 aromatic heterocycles. The Bertz CT molecular complexity index is 130. The van der Waals surface area contributed by atoms with Gasteiger partial charge in [-0.05, 0) is 30.1 Å². The van der Waals surface area contributed by atoms with Crippen LogP contribution in [-0.2, 0) is 0 Å². The lowest BCUT2D eigenvalue weighted by Crippen LogP contribution is -2.17. The SMILES string of the molecule is CCC(C)(C)CC1(CBr)CC1. The first-order chi connectivity index (χ1) is 5.04. The van der Waals surface area contributed by atoms with E-state index in [1.54, 1.807) is 0 Å². The third-order valence-corrected chi connectivity index (χ3v) is 4.24. The highest BCUT2D eigenvalue weighted by atomic mass is 79.9. The predicted molar refractivity (Wildman–Crippen MR) is 54.2 cm³/mol. The van der Waals surface area contributed by atoms with Gasteiger partial charge in [-0.3, -0.25) is 0 Å². The Kier molecular flexibility index (Phi) is 2.68. The van der Waals surface area contributed by atoms with Gasteiger partial charge in [0.2, 0.25) is 0 Å². The fourth-order valence-electron chi connectivity index (χ4n) is 1.67. The molecule has 1 heteroatoms. The Morgan fingerprint density at radius 2 is 1.91 bits per heavy atom. The van der Waals surface area contributed by atoms with Gasteiger partial charge in [-0.15, -0.1) is 0 Å². The van der Waals surface area contributed by atoms with E-state index in [2.05, 4.69) is 36.7 Å². The molecule has 1 fully saturated rings. The zero-order valence-electron chi connectivity index (χ0n) is 7.91. The summed E-state index contributed by atoms with van der Waals surface area (Å²) < 4.78 is 0. The van der Waals surface area contributed by atoms with Crippen molar-refractivity contribution in [1.29, 1.82) is 0 Å². The average Bonchev–Trinajstić information content (AvgIpc) is 2.69. The van der Waals surface area contributed by atoms with E-state index in [0.717, 1.165) is 0 Å². The van der Waals surface area contributed by atoms with Gasteiger partial charge in [0.25, 0.3) is 0 Å². The fourth-order valence-corrected chi connectivity index (χ4v) is 2.43. The van der Waals surface area contributed by atoms with Gasteiger partial charge in [0, 0.05) is 5.33 Å². The van der Waals surface area contributed by atoms with Crippen LogP contribution >= 0.6 is 15.9 Å². The van der Waals surface area contributed by atoms with Gasteiger partial charge in [0.05, 0.1) is 0 Å². The number of hydrogen-bond donors (Lipinski definition) is 0. The minimum absolute atomic E-state index is 0.560. The second kappa shape index (κ2) is 3.08. The smallest absolute Gasteiger partial charge is 0.00881 e. The molecule has 0 amide bonds. The Labute approximate surface area is 78.9 Å². The molecule has 0 N–H and O–H groups in total. The van der Waals surface area contributed by atoms with E-state index in [0.29, 0.717) is 10.8 Å². The molecule has 0 aromatic rings. The first kappa shape index (κ1) is 9.57. The van der Waals surface area contributed by atoms with Gasteiger partial charge in [-0.25, -0.2) is 0 Å². The van der Waals surface area contributed by atoms with Gasteiger partial charge < -0.3 is 0 Å². The van der Waals surface area contributed by atoms with Crippen LogP contribution in [0.15, 0.2) is 0 Å². The second-order valence-corrected chi connectivity index (χ2v) is 5.39. The monoisotopic (exact) mass is 218 g/mol. The Morgan fingerprint density at radius 1 is 1.36 bits per heavy atom. The minimum Gasteiger partial charge on any atom is -0.0922 e. The van der Waals surface area contributed by atoms with E-state index in [-0.39, 0.29) is 0 Å². The van der Waals surface area contributed by atoms with Crippen LogP contribution in [0.3, 0.4) is 0 Å². The predicted octanol–water partition coefficient (Wildman–Crippen LogP) is 3.99. The number of alkyl halides is 1. The summed E-state index contributed by atoms with van der Waals surface area (Å²) >= 11 is 3.62. The fraction of sp³-hybridized carbons (Fsp3) is 1.00. The van der Waals surface area contributed by atoms with Crippen LogP contribution in [0.25, 0.3) is 0 Å². The van der Waals surface area contributed by atoms with Gasteiger partial charge >= 0.3 is 0 Å². The molecule has 11 heavy (non-hydrogen) atoms. The second-order valence-electron chi connectivity index (χ2n) is 4.83. The van der Waals surface area contributed by atoms with Gasteiger partial charge in [0.15, 0.2) is 0 Å². The van der Waals surface area contributed by atoms with E-state index >= 15 is 0 Å². The van der Waals surface area contributed by atoms with Crippen molar-refractivity contribution in [2.75, 3.05) is 5.33 Å². The summed E-state index contributed by atoms with van der Waals surface area (Å²) in [5.74, 6) is 0. The van der Waals surface area contributed by atoms with Crippen LogP contribution in [0, 0.1) is 10.8 Å². The Morgan fingerprint density at radius 3 is 2.18 bits per heavy atom. The van der Waals surface area contributed by atoms with Crippen LogP contribution < -0.4 is 0 Å². The van der Waals surface area contributed by atoms with E-state index in [1.807, 2.05) is 0 Å². The molecule has 66 valence electrons. The van der Waals surface area contributed by atoms with Crippen LogP contribution in [0.5, 0.6) is 0 Å². The summed E-state index contributed by atoms with van der Waals surface area (Å²) in [5.41, 5.74) is 1.25. The third kappa shape index (κ3) is 2.47. The molecule has 0 nitrogen and oxygen atoms in total. The molecule has 0 radical (unpaired) electrons. The van der Waals surface area contributed by atoms with Crippen molar-refractivity contribution in [3.05, 3.63) is 0 Å². The molecule has 1 saturated carbocycles. The number of hydrogen-bond acceptors (Lipinski definition) is 0. The quantitative estimate of drug-likeness (QED) is 0.627. The average molecular weight is 219 g/mol. The molecule has 0 atom stereocenters. The zero-order valence-corrected chi connectivity index (χ0v) is 9.50. The topological polar surface area (TPSA) is 0 Å². The van der Waals surface area contributed by atoms with E-state index in [1.165, 1.54) is 31.0 Å². The van der Waals surface area contributed by atoms with Crippen molar-refractivity contribution in [2.24, 2.45) is 10.8 Å². The Hall–Kier alpha value is 0.480. The minimum atomic E-state index is 0.560. The molecule has 1 aliphatic rings. The van der Waals surface area contributed by atoms with Gasteiger partial charge in [-0.1, -0.05) is 43.1 Å². The number of rotatable bonds is 4. The molecule has 0 saturated heterocycles. The Balaban J connectivity index is 2.41. The lowest BCUT2D eigenvalue weighted by atomic mass is 9.80. The molecule has 0 spiro atoms. The molecular formula is C10H19Br. The largest absolute Gasteiger partial charge is 0.0922 e. The summed E-state index contributed by atoms with van der Waals surface area (Å²) in [7, 11) is 0.